The first-order valence-corrected chi connectivity index (χ1v) is 10.5. The fourth-order valence-corrected chi connectivity index (χ4v) is 4.00. The number of ether oxygens (including phenoxy) is 2. The van der Waals surface area contributed by atoms with E-state index in [1.54, 1.807) is 21.1 Å². The molecule has 2 heterocycles. The second kappa shape index (κ2) is 9.93. The third-order valence-electron chi connectivity index (χ3n) is 5.43. The molecule has 0 saturated carbocycles. The van der Waals surface area contributed by atoms with Gasteiger partial charge in [0.2, 0.25) is 5.91 Å². The van der Waals surface area contributed by atoms with Gasteiger partial charge in [0.1, 0.15) is 17.3 Å². The second-order valence-electron chi connectivity index (χ2n) is 8.21. The Hall–Kier alpha value is -2.61. The highest BCUT2D eigenvalue weighted by Crippen LogP contribution is 2.27. The number of benzene rings is 1. The molecule has 3 rings (SSSR count). The topological polar surface area (TPSA) is 81.5 Å². The highest BCUT2D eigenvalue weighted by atomic mass is 16.5. The molecule has 1 N–H and O–H groups in total. The smallest absolute Gasteiger partial charge is 0.217 e. The first-order chi connectivity index (χ1) is 14.4. The molecule has 1 unspecified atom stereocenters. The molecule has 164 valence electrons. The van der Waals surface area contributed by atoms with Crippen LogP contribution in [0.2, 0.25) is 0 Å². The summed E-state index contributed by atoms with van der Waals surface area (Å²) in [7, 11) is 3.37. The standard InChI is InChI=1S/C22H33N5O3/c1-15(2)12-19(23-16(3)28)22-25-24-21-8-9-26(10-11-27(21)22)14-17-13-18(29-4)6-7-20(17)30-5/h6-7,13,15,19H,8-12,14H2,1-5H3,(H,23,28). The first-order valence-electron chi connectivity index (χ1n) is 10.5. The van der Waals surface area contributed by atoms with Crippen LogP contribution in [0.3, 0.4) is 0 Å². The van der Waals surface area contributed by atoms with Crippen molar-refractivity contribution in [2.75, 3.05) is 27.3 Å². The molecule has 1 atom stereocenters. The van der Waals surface area contributed by atoms with Gasteiger partial charge in [-0.3, -0.25) is 9.69 Å². The monoisotopic (exact) mass is 415 g/mol. The summed E-state index contributed by atoms with van der Waals surface area (Å²) in [5.74, 6) is 3.92. The van der Waals surface area contributed by atoms with Crippen LogP contribution in [-0.4, -0.2) is 52.9 Å². The Morgan fingerprint density at radius 2 is 1.97 bits per heavy atom. The predicted molar refractivity (Wildman–Crippen MR) is 115 cm³/mol. The number of methoxy groups -OCH3 is 2. The lowest BCUT2D eigenvalue weighted by atomic mass is 10.0. The van der Waals surface area contributed by atoms with E-state index in [1.807, 2.05) is 18.2 Å². The number of rotatable bonds is 8. The summed E-state index contributed by atoms with van der Waals surface area (Å²) in [5, 5.41) is 11.9. The maximum atomic E-state index is 11.7. The van der Waals surface area contributed by atoms with E-state index in [1.165, 1.54) is 0 Å². The molecule has 1 aliphatic rings. The second-order valence-corrected chi connectivity index (χ2v) is 8.21. The Kier molecular flexibility index (Phi) is 7.31. The largest absolute Gasteiger partial charge is 0.497 e. The van der Waals surface area contributed by atoms with Gasteiger partial charge in [-0.1, -0.05) is 13.8 Å². The van der Waals surface area contributed by atoms with Crippen LogP contribution >= 0.6 is 0 Å². The Morgan fingerprint density at radius 3 is 2.63 bits per heavy atom. The molecule has 0 saturated heterocycles. The molecular weight excluding hydrogens is 382 g/mol. The quantitative estimate of drug-likeness (QED) is 0.714. The van der Waals surface area contributed by atoms with Crippen LogP contribution in [0.5, 0.6) is 11.5 Å². The average Bonchev–Trinajstić information content (AvgIpc) is 3.01. The normalized spacial score (nSPS) is 15.4. The molecular formula is C22H33N5O3. The number of carbonyl (C=O) groups is 1. The molecule has 1 amide bonds. The van der Waals surface area contributed by atoms with Gasteiger partial charge in [-0.05, 0) is 30.5 Å². The highest BCUT2D eigenvalue weighted by Gasteiger charge is 2.25. The van der Waals surface area contributed by atoms with E-state index in [0.29, 0.717) is 5.92 Å². The number of aromatic nitrogens is 3. The molecule has 30 heavy (non-hydrogen) atoms. The van der Waals surface area contributed by atoms with E-state index in [2.05, 4.69) is 38.8 Å². The van der Waals surface area contributed by atoms with Crippen LogP contribution in [0.25, 0.3) is 0 Å². The van der Waals surface area contributed by atoms with Crippen molar-refractivity contribution in [1.29, 1.82) is 0 Å². The van der Waals surface area contributed by atoms with Gasteiger partial charge in [-0.15, -0.1) is 10.2 Å². The van der Waals surface area contributed by atoms with Gasteiger partial charge < -0.3 is 19.4 Å². The van der Waals surface area contributed by atoms with Gasteiger partial charge in [0.15, 0.2) is 5.82 Å². The summed E-state index contributed by atoms with van der Waals surface area (Å²) in [5.41, 5.74) is 1.10. The number of hydrogen-bond acceptors (Lipinski definition) is 6. The van der Waals surface area contributed by atoms with E-state index < -0.39 is 0 Å². The number of nitrogens with one attached hydrogen (secondary N) is 1. The van der Waals surface area contributed by atoms with E-state index >= 15 is 0 Å². The Morgan fingerprint density at radius 1 is 1.17 bits per heavy atom. The summed E-state index contributed by atoms with van der Waals surface area (Å²) in [6, 6.07) is 5.77. The number of fused-ring (bicyclic) bond motifs is 1. The maximum absolute atomic E-state index is 11.7. The zero-order chi connectivity index (χ0) is 21.7. The number of hydrogen-bond donors (Lipinski definition) is 1. The molecule has 0 bridgehead atoms. The van der Waals surface area contributed by atoms with Gasteiger partial charge in [0.25, 0.3) is 0 Å². The van der Waals surface area contributed by atoms with Crippen LogP contribution < -0.4 is 14.8 Å². The number of nitrogens with zero attached hydrogens (tertiary/aromatic N) is 4. The minimum Gasteiger partial charge on any atom is -0.497 e. The Labute approximate surface area is 178 Å². The zero-order valence-electron chi connectivity index (χ0n) is 18.6. The molecule has 1 aliphatic heterocycles. The zero-order valence-corrected chi connectivity index (χ0v) is 18.6. The molecule has 2 aromatic rings. The van der Waals surface area contributed by atoms with Crippen LogP contribution in [-0.2, 0) is 24.3 Å². The lowest BCUT2D eigenvalue weighted by molar-refractivity contribution is -0.119. The van der Waals surface area contributed by atoms with Gasteiger partial charge in [0, 0.05) is 45.1 Å². The third-order valence-corrected chi connectivity index (χ3v) is 5.43. The molecule has 8 heteroatoms. The lowest BCUT2D eigenvalue weighted by Crippen LogP contribution is -2.31. The van der Waals surface area contributed by atoms with E-state index in [0.717, 1.165) is 67.7 Å². The molecule has 1 aromatic heterocycles. The van der Waals surface area contributed by atoms with E-state index in [9.17, 15) is 4.79 Å². The fraction of sp³-hybridized carbons (Fsp3) is 0.591. The van der Waals surface area contributed by atoms with Crippen LogP contribution in [0, 0.1) is 5.92 Å². The van der Waals surface area contributed by atoms with Crippen molar-refractivity contribution in [2.45, 2.75) is 52.7 Å². The van der Waals surface area contributed by atoms with E-state index in [-0.39, 0.29) is 11.9 Å². The van der Waals surface area contributed by atoms with Crippen LogP contribution in [0.1, 0.15) is 50.4 Å². The summed E-state index contributed by atoms with van der Waals surface area (Å²) in [4.78, 5) is 14.1. The average molecular weight is 416 g/mol. The lowest BCUT2D eigenvalue weighted by Gasteiger charge is -2.22. The SMILES string of the molecule is COc1ccc(OC)c(CN2CCc3nnc(C(CC(C)C)NC(C)=O)n3CC2)c1. The summed E-state index contributed by atoms with van der Waals surface area (Å²) in [6.45, 7) is 9.17. The van der Waals surface area contributed by atoms with Gasteiger partial charge >= 0.3 is 0 Å². The van der Waals surface area contributed by atoms with Crippen molar-refractivity contribution in [3.05, 3.63) is 35.4 Å². The molecule has 0 aliphatic carbocycles. The molecule has 1 aromatic carbocycles. The molecule has 0 spiro atoms. The van der Waals surface area contributed by atoms with Crippen LogP contribution in [0.4, 0.5) is 0 Å². The first kappa shape index (κ1) is 22.1. The van der Waals surface area contributed by atoms with Crippen molar-refractivity contribution >= 4 is 5.91 Å². The van der Waals surface area contributed by atoms with Gasteiger partial charge in [-0.25, -0.2) is 0 Å². The van der Waals surface area contributed by atoms with Crippen molar-refractivity contribution < 1.29 is 14.3 Å². The Balaban J connectivity index is 1.76. The summed E-state index contributed by atoms with van der Waals surface area (Å²) in [6.07, 6.45) is 1.65. The third kappa shape index (κ3) is 5.30. The fourth-order valence-electron chi connectivity index (χ4n) is 4.00. The van der Waals surface area contributed by atoms with Gasteiger partial charge in [-0.2, -0.15) is 0 Å². The maximum Gasteiger partial charge on any atom is 0.217 e. The molecule has 0 fully saturated rings. The van der Waals surface area contributed by atoms with Crippen molar-refractivity contribution in [3.8, 4) is 11.5 Å². The number of amides is 1. The van der Waals surface area contributed by atoms with Crippen molar-refractivity contribution in [2.24, 2.45) is 5.92 Å². The summed E-state index contributed by atoms with van der Waals surface area (Å²) < 4.78 is 13.1. The summed E-state index contributed by atoms with van der Waals surface area (Å²) >= 11 is 0. The predicted octanol–water partition coefficient (Wildman–Crippen LogP) is 2.58. The van der Waals surface area contributed by atoms with Crippen molar-refractivity contribution in [3.63, 3.8) is 0 Å². The molecule has 0 radical (unpaired) electrons. The number of carbonyl (C=O) groups excluding carboxylic acids is 1. The molecule has 8 nitrogen and oxygen atoms in total. The highest BCUT2D eigenvalue weighted by molar-refractivity contribution is 5.73. The van der Waals surface area contributed by atoms with Crippen LogP contribution in [0.15, 0.2) is 18.2 Å². The van der Waals surface area contributed by atoms with Gasteiger partial charge in [0.05, 0.1) is 20.3 Å². The minimum absolute atomic E-state index is 0.0432. The van der Waals surface area contributed by atoms with Crippen molar-refractivity contribution in [1.82, 2.24) is 25.0 Å². The minimum atomic E-state index is -0.117. The van der Waals surface area contributed by atoms with E-state index in [4.69, 9.17) is 9.47 Å². The Bertz CT molecular complexity index is 864.